The Bertz CT molecular complexity index is 297. The minimum absolute atomic E-state index is 0.897. The van der Waals surface area contributed by atoms with Crippen LogP contribution in [0.4, 0.5) is 5.82 Å². The fourth-order valence-corrected chi connectivity index (χ4v) is 1.38. The summed E-state index contributed by atoms with van der Waals surface area (Å²) in [7, 11) is 4.02. The number of nitrogens with one attached hydrogen (secondary N) is 1. The molecule has 0 saturated heterocycles. The molecule has 0 aliphatic carbocycles. The molecule has 3 nitrogen and oxygen atoms in total. The van der Waals surface area contributed by atoms with E-state index in [9.17, 15) is 0 Å². The number of rotatable bonds is 4. The summed E-state index contributed by atoms with van der Waals surface area (Å²) in [6, 6.07) is 4.25. The SMILES string of the molecule is CCN(C)c1cc(CNC)cc(C)n1. The highest BCUT2D eigenvalue weighted by Crippen LogP contribution is 2.13. The van der Waals surface area contributed by atoms with Gasteiger partial charge in [-0.25, -0.2) is 4.98 Å². The van der Waals surface area contributed by atoms with Crippen molar-refractivity contribution in [3.63, 3.8) is 0 Å². The Morgan fingerprint density at radius 3 is 2.71 bits per heavy atom. The highest BCUT2D eigenvalue weighted by Gasteiger charge is 2.02. The van der Waals surface area contributed by atoms with Crippen LogP contribution in [0.3, 0.4) is 0 Å². The molecule has 0 spiro atoms. The average molecular weight is 193 g/mol. The summed E-state index contributed by atoms with van der Waals surface area (Å²) in [6.07, 6.45) is 0. The van der Waals surface area contributed by atoms with Crippen LogP contribution in [0.15, 0.2) is 12.1 Å². The summed E-state index contributed by atoms with van der Waals surface area (Å²) in [4.78, 5) is 6.63. The molecule has 0 aliphatic heterocycles. The van der Waals surface area contributed by atoms with Crippen LogP contribution in [-0.4, -0.2) is 25.6 Å². The third kappa shape index (κ3) is 2.70. The Labute approximate surface area is 86.2 Å². The lowest BCUT2D eigenvalue weighted by Gasteiger charge is -2.17. The van der Waals surface area contributed by atoms with Gasteiger partial charge in [0.2, 0.25) is 0 Å². The zero-order valence-corrected chi connectivity index (χ0v) is 9.46. The van der Waals surface area contributed by atoms with E-state index in [1.54, 1.807) is 0 Å². The molecular formula is C11H19N3. The molecular weight excluding hydrogens is 174 g/mol. The second-order valence-corrected chi connectivity index (χ2v) is 3.52. The molecule has 1 rings (SSSR count). The maximum Gasteiger partial charge on any atom is 0.128 e. The Kier molecular flexibility index (Phi) is 3.89. The standard InChI is InChI=1S/C11H19N3/c1-5-14(4)11-7-10(8-12-3)6-9(2)13-11/h6-7,12H,5,8H2,1-4H3. The Balaban J connectivity index is 2.94. The maximum absolute atomic E-state index is 4.48. The molecule has 78 valence electrons. The minimum Gasteiger partial charge on any atom is -0.360 e. The average Bonchev–Trinajstić information content (AvgIpc) is 2.16. The summed E-state index contributed by atoms with van der Waals surface area (Å²) < 4.78 is 0. The highest BCUT2D eigenvalue weighted by atomic mass is 15.2. The number of nitrogens with zero attached hydrogens (tertiary/aromatic N) is 2. The Morgan fingerprint density at radius 2 is 2.14 bits per heavy atom. The molecule has 3 heteroatoms. The number of hydrogen-bond acceptors (Lipinski definition) is 3. The fraction of sp³-hybridized carbons (Fsp3) is 0.545. The molecule has 1 aromatic rings. The molecule has 1 heterocycles. The lowest BCUT2D eigenvalue weighted by Crippen LogP contribution is -2.18. The van der Waals surface area contributed by atoms with Crippen molar-refractivity contribution in [2.75, 3.05) is 25.5 Å². The summed E-state index contributed by atoms with van der Waals surface area (Å²) in [6.45, 7) is 6.04. The maximum atomic E-state index is 4.48. The van der Waals surface area contributed by atoms with Gasteiger partial charge in [-0.1, -0.05) is 0 Å². The molecule has 0 radical (unpaired) electrons. The van der Waals surface area contributed by atoms with Crippen molar-refractivity contribution in [1.82, 2.24) is 10.3 Å². The van der Waals surface area contributed by atoms with E-state index in [4.69, 9.17) is 0 Å². The van der Waals surface area contributed by atoms with E-state index in [0.717, 1.165) is 24.6 Å². The quantitative estimate of drug-likeness (QED) is 0.786. The van der Waals surface area contributed by atoms with E-state index < -0.39 is 0 Å². The number of pyridine rings is 1. The van der Waals surface area contributed by atoms with Crippen LogP contribution in [-0.2, 0) is 6.54 Å². The summed E-state index contributed by atoms with van der Waals surface area (Å²) >= 11 is 0. The van der Waals surface area contributed by atoms with E-state index >= 15 is 0 Å². The normalized spacial score (nSPS) is 10.3. The molecule has 14 heavy (non-hydrogen) atoms. The Hall–Kier alpha value is -1.09. The first-order valence-electron chi connectivity index (χ1n) is 5.00. The van der Waals surface area contributed by atoms with E-state index in [0.29, 0.717) is 0 Å². The zero-order chi connectivity index (χ0) is 10.6. The second-order valence-electron chi connectivity index (χ2n) is 3.52. The van der Waals surface area contributed by atoms with Gasteiger partial charge < -0.3 is 10.2 Å². The second kappa shape index (κ2) is 4.96. The van der Waals surface area contributed by atoms with Crippen molar-refractivity contribution in [3.05, 3.63) is 23.4 Å². The predicted molar refractivity (Wildman–Crippen MR) is 60.7 cm³/mol. The molecule has 0 saturated carbocycles. The van der Waals surface area contributed by atoms with Crippen LogP contribution in [0.5, 0.6) is 0 Å². The van der Waals surface area contributed by atoms with Gasteiger partial charge in [0.1, 0.15) is 5.82 Å². The molecule has 0 atom stereocenters. The number of aryl methyl sites for hydroxylation is 1. The number of hydrogen-bond donors (Lipinski definition) is 1. The van der Waals surface area contributed by atoms with Crippen LogP contribution >= 0.6 is 0 Å². The van der Waals surface area contributed by atoms with E-state index in [2.05, 4.69) is 41.3 Å². The number of aromatic nitrogens is 1. The predicted octanol–water partition coefficient (Wildman–Crippen LogP) is 1.57. The molecule has 0 unspecified atom stereocenters. The first kappa shape index (κ1) is 11.0. The van der Waals surface area contributed by atoms with Gasteiger partial charge in [0.05, 0.1) is 0 Å². The molecule has 0 aliphatic rings. The summed E-state index contributed by atoms with van der Waals surface area (Å²) in [5, 5.41) is 3.15. The van der Waals surface area contributed by atoms with Gasteiger partial charge in [0.25, 0.3) is 0 Å². The third-order valence-corrected chi connectivity index (χ3v) is 2.25. The van der Waals surface area contributed by atoms with Gasteiger partial charge in [0, 0.05) is 25.8 Å². The van der Waals surface area contributed by atoms with Crippen LogP contribution < -0.4 is 10.2 Å². The van der Waals surface area contributed by atoms with Gasteiger partial charge in [0.15, 0.2) is 0 Å². The lowest BCUT2D eigenvalue weighted by atomic mass is 10.2. The van der Waals surface area contributed by atoms with Crippen molar-refractivity contribution in [1.29, 1.82) is 0 Å². The first-order chi connectivity index (χ1) is 6.67. The van der Waals surface area contributed by atoms with Crippen LogP contribution in [0.25, 0.3) is 0 Å². The molecule has 0 aromatic carbocycles. The summed E-state index contributed by atoms with van der Waals surface area (Å²) in [5.41, 5.74) is 2.36. The monoisotopic (exact) mass is 193 g/mol. The van der Waals surface area contributed by atoms with Crippen molar-refractivity contribution >= 4 is 5.82 Å². The largest absolute Gasteiger partial charge is 0.360 e. The Morgan fingerprint density at radius 1 is 1.43 bits per heavy atom. The van der Waals surface area contributed by atoms with Gasteiger partial charge in [-0.3, -0.25) is 0 Å². The molecule has 1 N–H and O–H groups in total. The molecule has 1 aromatic heterocycles. The number of anilines is 1. The first-order valence-corrected chi connectivity index (χ1v) is 5.00. The minimum atomic E-state index is 0.897. The fourth-order valence-electron chi connectivity index (χ4n) is 1.38. The van der Waals surface area contributed by atoms with Gasteiger partial charge in [-0.2, -0.15) is 0 Å². The van der Waals surface area contributed by atoms with Gasteiger partial charge >= 0.3 is 0 Å². The van der Waals surface area contributed by atoms with E-state index in [-0.39, 0.29) is 0 Å². The van der Waals surface area contributed by atoms with E-state index in [1.165, 1.54) is 5.56 Å². The van der Waals surface area contributed by atoms with Crippen molar-refractivity contribution < 1.29 is 0 Å². The third-order valence-electron chi connectivity index (χ3n) is 2.25. The van der Waals surface area contributed by atoms with Crippen molar-refractivity contribution in [2.45, 2.75) is 20.4 Å². The van der Waals surface area contributed by atoms with Crippen LogP contribution in [0.2, 0.25) is 0 Å². The topological polar surface area (TPSA) is 28.2 Å². The lowest BCUT2D eigenvalue weighted by molar-refractivity contribution is 0.811. The van der Waals surface area contributed by atoms with Crippen molar-refractivity contribution in [2.24, 2.45) is 0 Å². The van der Waals surface area contributed by atoms with Crippen LogP contribution in [0.1, 0.15) is 18.2 Å². The molecule has 0 bridgehead atoms. The van der Waals surface area contributed by atoms with Gasteiger partial charge in [-0.05, 0) is 38.6 Å². The summed E-state index contributed by atoms with van der Waals surface area (Å²) in [5.74, 6) is 1.05. The smallest absolute Gasteiger partial charge is 0.128 e. The van der Waals surface area contributed by atoms with Gasteiger partial charge in [-0.15, -0.1) is 0 Å². The van der Waals surface area contributed by atoms with Crippen molar-refractivity contribution in [3.8, 4) is 0 Å². The zero-order valence-electron chi connectivity index (χ0n) is 9.46. The highest BCUT2D eigenvalue weighted by molar-refractivity contribution is 5.41. The molecule has 0 fully saturated rings. The van der Waals surface area contributed by atoms with Crippen LogP contribution in [0, 0.1) is 6.92 Å². The van der Waals surface area contributed by atoms with E-state index in [1.807, 2.05) is 14.0 Å². The molecule has 0 amide bonds.